The van der Waals surface area contributed by atoms with Crippen molar-refractivity contribution in [3.8, 4) is 5.75 Å². The molecule has 1 saturated carbocycles. The van der Waals surface area contributed by atoms with E-state index in [1.807, 2.05) is 24.4 Å². The maximum Gasteiger partial charge on any atom is 0.234 e. The maximum absolute atomic E-state index is 12.7. The molecule has 8 nitrogen and oxygen atoms in total. The fourth-order valence-electron chi connectivity index (χ4n) is 3.66. The Labute approximate surface area is 170 Å². The van der Waals surface area contributed by atoms with Gasteiger partial charge in [0, 0.05) is 12.4 Å². The van der Waals surface area contributed by atoms with Crippen molar-refractivity contribution in [1.29, 1.82) is 0 Å². The lowest BCUT2D eigenvalue weighted by molar-refractivity contribution is 0.298. The second-order valence-electron chi connectivity index (χ2n) is 8.34. The van der Waals surface area contributed by atoms with Gasteiger partial charge in [-0.1, -0.05) is 19.0 Å². The van der Waals surface area contributed by atoms with E-state index in [1.54, 1.807) is 10.9 Å². The van der Waals surface area contributed by atoms with Crippen molar-refractivity contribution in [2.75, 3.05) is 17.6 Å². The van der Waals surface area contributed by atoms with Crippen LogP contribution in [0.15, 0.2) is 35.1 Å². The van der Waals surface area contributed by atoms with Gasteiger partial charge in [-0.3, -0.25) is 9.40 Å². The summed E-state index contributed by atoms with van der Waals surface area (Å²) in [5.74, 6) is 1.33. The first-order valence-electron chi connectivity index (χ1n) is 9.72. The van der Waals surface area contributed by atoms with Crippen LogP contribution in [0.5, 0.6) is 5.75 Å². The molecular weight excluding hydrogens is 392 g/mol. The summed E-state index contributed by atoms with van der Waals surface area (Å²) in [6.07, 6.45) is 6.55. The van der Waals surface area contributed by atoms with Gasteiger partial charge in [0.15, 0.2) is 11.4 Å². The maximum atomic E-state index is 12.7. The van der Waals surface area contributed by atoms with Crippen molar-refractivity contribution < 1.29 is 17.7 Å². The van der Waals surface area contributed by atoms with Crippen LogP contribution >= 0.6 is 0 Å². The molecule has 9 heteroatoms. The van der Waals surface area contributed by atoms with Crippen LogP contribution in [-0.4, -0.2) is 36.2 Å². The molecule has 0 radical (unpaired) electrons. The highest BCUT2D eigenvalue weighted by Gasteiger charge is 2.38. The van der Waals surface area contributed by atoms with Crippen LogP contribution in [0, 0.1) is 11.3 Å². The third kappa shape index (κ3) is 4.39. The first kappa shape index (κ1) is 19.8. The molecule has 0 atom stereocenters. The molecule has 29 heavy (non-hydrogen) atoms. The van der Waals surface area contributed by atoms with Gasteiger partial charge in [-0.25, -0.2) is 8.42 Å². The average Bonchev–Trinajstić information content (AvgIpc) is 3.31. The van der Waals surface area contributed by atoms with E-state index < -0.39 is 10.0 Å². The van der Waals surface area contributed by atoms with Gasteiger partial charge in [0.2, 0.25) is 10.0 Å². The summed E-state index contributed by atoms with van der Waals surface area (Å²) in [7, 11) is -2.02. The van der Waals surface area contributed by atoms with Gasteiger partial charge in [0.05, 0.1) is 19.4 Å². The minimum absolute atomic E-state index is 0.0275. The van der Waals surface area contributed by atoms with Gasteiger partial charge in [0.1, 0.15) is 11.1 Å². The highest BCUT2D eigenvalue weighted by Crippen LogP contribution is 2.47. The summed E-state index contributed by atoms with van der Waals surface area (Å²) in [4.78, 5) is 0. The van der Waals surface area contributed by atoms with Gasteiger partial charge in [-0.05, 0) is 54.4 Å². The molecule has 1 aliphatic carbocycles. The van der Waals surface area contributed by atoms with Gasteiger partial charge in [0.25, 0.3) is 0 Å². The summed E-state index contributed by atoms with van der Waals surface area (Å²) < 4.78 is 40.6. The monoisotopic (exact) mass is 418 g/mol. The molecule has 3 aromatic rings. The Hall–Kier alpha value is -2.55. The Morgan fingerprint density at radius 1 is 1.34 bits per heavy atom. The molecule has 0 saturated heterocycles. The van der Waals surface area contributed by atoms with Gasteiger partial charge in [-0.2, -0.15) is 5.10 Å². The molecule has 2 aromatic heterocycles. The number of anilines is 1. The van der Waals surface area contributed by atoms with Crippen molar-refractivity contribution >= 4 is 26.8 Å². The molecule has 156 valence electrons. The molecule has 0 amide bonds. The normalized spacial score (nSPS) is 15.0. The fraction of sp³-hybridized carbons (Fsp3) is 0.500. The van der Waals surface area contributed by atoms with E-state index in [0.29, 0.717) is 35.6 Å². The second-order valence-corrected chi connectivity index (χ2v) is 10.2. The third-order valence-corrected chi connectivity index (χ3v) is 6.92. The van der Waals surface area contributed by atoms with Crippen LogP contribution in [0.1, 0.15) is 38.7 Å². The number of fused-ring (bicyclic) bond motifs is 1. The lowest BCUT2D eigenvalue weighted by Crippen LogP contribution is -2.24. The molecule has 2 heterocycles. The molecule has 1 aliphatic rings. The first-order valence-corrected chi connectivity index (χ1v) is 11.4. The third-order valence-electron chi connectivity index (χ3n) is 5.67. The topological polar surface area (TPSA) is 99.2 Å². The largest absolute Gasteiger partial charge is 0.496 e. The molecule has 0 spiro atoms. The van der Waals surface area contributed by atoms with E-state index in [-0.39, 0.29) is 17.0 Å². The highest BCUT2D eigenvalue weighted by atomic mass is 32.2. The van der Waals surface area contributed by atoms with Crippen LogP contribution < -0.4 is 9.46 Å². The van der Waals surface area contributed by atoms with Crippen LogP contribution in [0.3, 0.4) is 0 Å². The predicted molar refractivity (Wildman–Crippen MR) is 110 cm³/mol. The van der Waals surface area contributed by atoms with E-state index >= 15 is 0 Å². The van der Waals surface area contributed by atoms with E-state index in [1.165, 1.54) is 20.0 Å². The Morgan fingerprint density at radius 2 is 2.14 bits per heavy atom. The van der Waals surface area contributed by atoms with Crippen LogP contribution in [-0.2, 0) is 16.6 Å². The number of benzene rings is 1. The Bertz CT molecular complexity index is 1100. The number of ether oxygens (including phenoxy) is 1. The molecule has 0 aliphatic heterocycles. The summed E-state index contributed by atoms with van der Waals surface area (Å²) in [6.45, 7) is 4.81. The van der Waals surface area contributed by atoms with Crippen molar-refractivity contribution in [2.24, 2.45) is 11.3 Å². The van der Waals surface area contributed by atoms with Crippen LogP contribution in [0.25, 0.3) is 11.0 Å². The lowest BCUT2D eigenvalue weighted by Gasteiger charge is -2.24. The van der Waals surface area contributed by atoms with Gasteiger partial charge in [-0.15, -0.1) is 0 Å². The quantitative estimate of drug-likeness (QED) is 0.569. The fourth-order valence-corrected chi connectivity index (χ4v) is 4.99. The van der Waals surface area contributed by atoms with E-state index in [2.05, 4.69) is 28.8 Å². The lowest BCUT2D eigenvalue weighted by atomic mass is 9.85. The molecular formula is C20H26N4O4S. The zero-order valence-corrected chi connectivity index (χ0v) is 17.7. The molecule has 4 rings (SSSR count). The Balaban J connectivity index is 1.55. The summed E-state index contributed by atoms with van der Waals surface area (Å²) >= 11 is 0. The number of aromatic nitrogens is 3. The summed E-state index contributed by atoms with van der Waals surface area (Å²) in [5, 5.41) is 8.66. The molecule has 0 unspecified atom stereocenters. The zero-order chi connectivity index (χ0) is 20.6. The summed E-state index contributed by atoms with van der Waals surface area (Å²) in [6, 6.07) is 5.51. The first-order chi connectivity index (χ1) is 13.8. The van der Waals surface area contributed by atoms with Crippen molar-refractivity contribution in [3.63, 3.8) is 0 Å². The van der Waals surface area contributed by atoms with Crippen molar-refractivity contribution in [1.82, 2.24) is 14.9 Å². The number of methoxy groups -OCH3 is 1. The van der Waals surface area contributed by atoms with E-state index in [9.17, 15) is 8.42 Å². The number of hydrogen-bond donors (Lipinski definition) is 1. The van der Waals surface area contributed by atoms with Gasteiger partial charge >= 0.3 is 0 Å². The molecule has 1 fully saturated rings. The predicted octanol–water partition coefficient (Wildman–Crippen LogP) is 3.65. The smallest absolute Gasteiger partial charge is 0.234 e. The Morgan fingerprint density at radius 3 is 2.79 bits per heavy atom. The molecule has 1 aromatic carbocycles. The Kier molecular flexibility index (Phi) is 5.02. The van der Waals surface area contributed by atoms with E-state index in [4.69, 9.17) is 9.26 Å². The van der Waals surface area contributed by atoms with Gasteiger partial charge < -0.3 is 9.26 Å². The minimum atomic E-state index is -3.55. The van der Waals surface area contributed by atoms with Crippen LogP contribution in [0.2, 0.25) is 0 Å². The standard InChI is InChI=1S/C20H26N4O4S/c1-20(2,15-5-6-15)7-10-29(25,26)23-19-18-16(27-3)11-14(12-17(18)28-22-19)13-24-9-4-8-21-24/h4,8-9,11-12,15H,5-7,10,13H2,1-3H3,(H,22,23). The SMILES string of the molecule is COc1cc(Cn2cccn2)cc2onc(NS(=O)(=O)CCC(C)(C)C3CC3)c12. The summed E-state index contributed by atoms with van der Waals surface area (Å²) in [5.41, 5.74) is 1.40. The second kappa shape index (κ2) is 7.37. The number of hydrogen-bond acceptors (Lipinski definition) is 6. The average molecular weight is 419 g/mol. The van der Waals surface area contributed by atoms with Crippen molar-refractivity contribution in [2.45, 2.75) is 39.7 Å². The number of nitrogens with zero attached hydrogens (tertiary/aromatic N) is 3. The number of rotatable bonds is 9. The molecule has 1 N–H and O–H groups in total. The minimum Gasteiger partial charge on any atom is -0.496 e. The van der Waals surface area contributed by atoms with Crippen molar-refractivity contribution in [3.05, 3.63) is 36.2 Å². The highest BCUT2D eigenvalue weighted by molar-refractivity contribution is 7.92. The van der Waals surface area contributed by atoms with E-state index in [0.717, 1.165) is 5.56 Å². The zero-order valence-electron chi connectivity index (χ0n) is 16.9. The molecule has 0 bridgehead atoms. The van der Waals surface area contributed by atoms with Crippen LogP contribution in [0.4, 0.5) is 5.82 Å². The number of nitrogens with one attached hydrogen (secondary N) is 1. The number of sulfonamides is 1.